The molecule has 0 fully saturated rings. The van der Waals surface area contributed by atoms with Crippen molar-refractivity contribution in [2.75, 3.05) is 12.3 Å². The van der Waals surface area contributed by atoms with Gasteiger partial charge in [0.05, 0.1) is 0 Å². The molecule has 2 unspecified atom stereocenters. The summed E-state index contributed by atoms with van der Waals surface area (Å²) in [6, 6.07) is 15.3. The zero-order valence-corrected chi connectivity index (χ0v) is 16.3. The third kappa shape index (κ3) is 5.78. The molecule has 0 spiro atoms. The van der Waals surface area contributed by atoms with E-state index in [1.807, 2.05) is 42.5 Å². The molecule has 0 amide bonds. The van der Waals surface area contributed by atoms with Crippen LogP contribution in [0.5, 0.6) is 5.75 Å². The van der Waals surface area contributed by atoms with Crippen LogP contribution in [0.1, 0.15) is 24.0 Å². The maximum Gasteiger partial charge on any atom is 0.119 e. The predicted octanol–water partition coefficient (Wildman–Crippen LogP) is 3.37. The van der Waals surface area contributed by atoms with Crippen molar-refractivity contribution in [1.29, 1.82) is 0 Å². The lowest BCUT2D eigenvalue weighted by Crippen LogP contribution is -2.45. The highest BCUT2D eigenvalue weighted by molar-refractivity contribution is 5.85. The third-order valence-electron chi connectivity index (χ3n) is 4.89. The fraction of sp³-hybridized carbons (Fsp3) is 0.400. The van der Waals surface area contributed by atoms with E-state index in [0.717, 1.165) is 37.1 Å². The van der Waals surface area contributed by atoms with Gasteiger partial charge in [0, 0.05) is 11.7 Å². The lowest BCUT2D eigenvalue weighted by Gasteiger charge is -2.27. The van der Waals surface area contributed by atoms with Crippen molar-refractivity contribution in [1.82, 2.24) is 0 Å². The number of aliphatic hydroxyl groups excluding tert-OH is 1. The number of halogens is 2. The van der Waals surface area contributed by atoms with Crippen molar-refractivity contribution in [3.8, 4) is 5.75 Å². The lowest BCUT2D eigenvalue weighted by atomic mass is 9.87. The molecule has 26 heavy (non-hydrogen) atoms. The molecular weight excluding hydrogens is 371 g/mol. The zero-order valence-electron chi connectivity index (χ0n) is 14.7. The molecular formula is C20H28Cl2N2O2. The first-order valence-corrected chi connectivity index (χ1v) is 8.62. The molecule has 1 aliphatic carbocycles. The Morgan fingerprint density at radius 1 is 1.08 bits per heavy atom. The van der Waals surface area contributed by atoms with Gasteiger partial charge >= 0.3 is 0 Å². The van der Waals surface area contributed by atoms with Gasteiger partial charge in [-0.3, -0.25) is 0 Å². The largest absolute Gasteiger partial charge is 0.491 e. The molecule has 3 atom stereocenters. The molecule has 3 rings (SSSR count). The van der Waals surface area contributed by atoms with Crippen molar-refractivity contribution in [3.05, 3.63) is 59.7 Å². The van der Waals surface area contributed by atoms with E-state index in [2.05, 4.69) is 6.07 Å². The van der Waals surface area contributed by atoms with E-state index in [1.165, 1.54) is 11.1 Å². The number of benzene rings is 2. The standard InChI is InChI=1S/C20H26N2O2.2ClH/c21-17-10-9-14-5-4-6-15(11-16(14)12-17)20(22)19(23)13-24-18-7-2-1-3-8-18;;/h1-3,7-10,12,15,19-20,23H,4-6,11,13,21-22H2;2*1H/t15?,19-,20?;;/m1../s1. The second-order valence-corrected chi connectivity index (χ2v) is 6.65. The normalized spacial score (nSPS) is 18.3. The molecule has 0 saturated carbocycles. The third-order valence-corrected chi connectivity index (χ3v) is 4.89. The Hall–Kier alpha value is -1.46. The SMILES string of the molecule is Cl.Cl.Nc1ccc2c(c1)CC(C(N)[C@H](O)COc1ccccc1)CCC2. The lowest BCUT2D eigenvalue weighted by molar-refractivity contribution is 0.0645. The minimum atomic E-state index is -0.683. The van der Waals surface area contributed by atoms with Gasteiger partial charge in [0.15, 0.2) is 0 Å². The Bertz CT molecular complexity index is 670. The van der Waals surface area contributed by atoms with Crippen LogP contribution in [-0.2, 0) is 12.8 Å². The van der Waals surface area contributed by atoms with Crippen LogP contribution in [0, 0.1) is 5.92 Å². The summed E-state index contributed by atoms with van der Waals surface area (Å²) in [5.41, 5.74) is 15.7. The van der Waals surface area contributed by atoms with Gasteiger partial charge in [-0.05, 0) is 67.0 Å². The van der Waals surface area contributed by atoms with E-state index < -0.39 is 6.10 Å². The Labute approximate surface area is 167 Å². The molecule has 0 bridgehead atoms. The Morgan fingerprint density at radius 3 is 2.54 bits per heavy atom. The van der Waals surface area contributed by atoms with Crippen LogP contribution in [0.25, 0.3) is 0 Å². The van der Waals surface area contributed by atoms with E-state index in [4.69, 9.17) is 16.2 Å². The maximum absolute atomic E-state index is 10.5. The van der Waals surface area contributed by atoms with E-state index in [0.29, 0.717) is 0 Å². The number of aliphatic hydroxyl groups is 1. The first kappa shape index (κ1) is 22.6. The van der Waals surface area contributed by atoms with Gasteiger partial charge in [0.25, 0.3) is 0 Å². The van der Waals surface area contributed by atoms with Crippen molar-refractivity contribution in [2.24, 2.45) is 11.7 Å². The molecule has 6 heteroatoms. The van der Waals surface area contributed by atoms with Crippen LogP contribution in [0.2, 0.25) is 0 Å². The van der Waals surface area contributed by atoms with Crippen LogP contribution < -0.4 is 16.2 Å². The number of hydrogen-bond acceptors (Lipinski definition) is 4. The van der Waals surface area contributed by atoms with Gasteiger partial charge in [-0.1, -0.05) is 24.3 Å². The summed E-state index contributed by atoms with van der Waals surface area (Å²) in [4.78, 5) is 0. The highest BCUT2D eigenvalue weighted by Crippen LogP contribution is 2.28. The fourth-order valence-electron chi connectivity index (χ4n) is 3.47. The Morgan fingerprint density at radius 2 is 1.81 bits per heavy atom. The molecule has 2 aromatic carbocycles. The number of ether oxygens (including phenoxy) is 1. The molecule has 144 valence electrons. The number of hydrogen-bond donors (Lipinski definition) is 3. The molecule has 0 heterocycles. The van der Waals surface area contributed by atoms with Crippen LogP contribution >= 0.6 is 24.8 Å². The fourth-order valence-corrected chi connectivity index (χ4v) is 3.47. The second-order valence-electron chi connectivity index (χ2n) is 6.65. The highest BCUT2D eigenvalue weighted by atomic mass is 35.5. The molecule has 0 aromatic heterocycles. The second kappa shape index (κ2) is 10.6. The molecule has 5 N–H and O–H groups in total. The van der Waals surface area contributed by atoms with Crippen LogP contribution in [0.3, 0.4) is 0 Å². The quantitative estimate of drug-likeness (QED) is 0.532. The van der Waals surface area contributed by atoms with Gasteiger partial charge < -0.3 is 21.3 Å². The van der Waals surface area contributed by atoms with Gasteiger partial charge in [0.1, 0.15) is 18.5 Å². The number of aryl methyl sites for hydroxylation is 1. The number of nitrogen functional groups attached to an aromatic ring is 1. The predicted molar refractivity (Wildman–Crippen MR) is 111 cm³/mol. The zero-order chi connectivity index (χ0) is 16.9. The van der Waals surface area contributed by atoms with Crippen LogP contribution in [0.4, 0.5) is 5.69 Å². The van der Waals surface area contributed by atoms with Crippen molar-refractivity contribution in [2.45, 2.75) is 37.8 Å². The van der Waals surface area contributed by atoms with Gasteiger partial charge in [-0.25, -0.2) is 0 Å². The van der Waals surface area contributed by atoms with Crippen molar-refractivity contribution < 1.29 is 9.84 Å². The first-order valence-electron chi connectivity index (χ1n) is 8.62. The number of para-hydroxylation sites is 1. The molecule has 0 radical (unpaired) electrons. The Balaban J connectivity index is 0.00000169. The summed E-state index contributed by atoms with van der Waals surface area (Å²) in [6.45, 7) is 0.214. The summed E-state index contributed by atoms with van der Waals surface area (Å²) in [7, 11) is 0. The van der Waals surface area contributed by atoms with Gasteiger partial charge in [0.2, 0.25) is 0 Å². The van der Waals surface area contributed by atoms with Gasteiger partial charge in [-0.15, -0.1) is 24.8 Å². The number of anilines is 1. The monoisotopic (exact) mass is 398 g/mol. The molecule has 0 aliphatic heterocycles. The van der Waals surface area contributed by atoms with Gasteiger partial charge in [-0.2, -0.15) is 0 Å². The molecule has 1 aliphatic rings. The van der Waals surface area contributed by atoms with Crippen molar-refractivity contribution in [3.63, 3.8) is 0 Å². The molecule has 4 nitrogen and oxygen atoms in total. The van der Waals surface area contributed by atoms with E-state index >= 15 is 0 Å². The van der Waals surface area contributed by atoms with E-state index in [9.17, 15) is 5.11 Å². The summed E-state index contributed by atoms with van der Waals surface area (Å²) in [5.74, 6) is 0.991. The van der Waals surface area contributed by atoms with Crippen molar-refractivity contribution >= 4 is 30.5 Å². The van der Waals surface area contributed by atoms with E-state index in [1.54, 1.807) is 0 Å². The first-order chi connectivity index (χ1) is 11.6. The summed E-state index contributed by atoms with van der Waals surface area (Å²) in [6.07, 6.45) is 3.33. The smallest absolute Gasteiger partial charge is 0.119 e. The summed E-state index contributed by atoms with van der Waals surface area (Å²) >= 11 is 0. The maximum atomic E-state index is 10.5. The number of nitrogens with two attached hydrogens (primary N) is 2. The minimum Gasteiger partial charge on any atom is -0.491 e. The topological polar surface area (TPSA) is 81.5 Å². The molecule has 0 saturated heterocycles. The van der Waals surface area contributed by atoms with E-state index in [-0.39, 0.29) is 43.4 Å². The minimum absolute atomic E-state index is 0. The summed E-state index contributed by atoms with van der Waals surface area (Å²) < 4.78 is 5.65. The number of fused-ring (bicyclic) bond motifs is 1. The van der Waals surface area contributed by atoms with Crippen LogP contribution in [0.15, 0.2) is 48.5 Å². The van der Waals surface area contributed by atoms with Crippen LogP contribution in [-0.4, -0.2) is 23.9 Å². The average Bonchev–Trinajstić information content (AvgIpc) is 2.81. The Kier molecular flexibility index (Phi) is 9.23. The average molecular weight is 399 g/mol. The summed E-state index contributed by atoms with van der Waals surface area (Å²) in [5, 5.41) is 10.5. The highest BCUT2D eigenvalue weighted by Gasteiger charge is 2.27. The molecule has 2 aromatic rings. The number of rotatable bonds is 5.